The van der Waals surface area contributed by atoms with E-state index in [2.05, 4.69) is 4.74 Å². The lowest BCUT2D eigenvalue weighted by Gasteiger charge is -2.03. The van der Waals surface area contributed by atoms with Crippen LogP contribution in [0.5, 0.6) is 0 Å². The largest absolute Gasteiger partial charge is 0.432 e. The first-order chi connectivity index (χ1) is 7.24. The van der Waals surface area contributed by atoms with Crippen LogP contribution in [0.1, 0.15) is 5.56 Å². The summed E-state index contributed by atoms with van der Waals surface area (Å²) in [7, 11) is 0. The maximum absolute atomic E-state index is 10.9. The van der Waals surface area contributed by atoms with Crippen LogP contribution in [0.15, 0.2) is 36.6 Å². The van der Waals surface area contributed by atoms with Crippen molar-refractivity contribution in [1.82, 2.24) is 0 Å². The minimum Gasteiger partial charge on any atom is -0.432 e. The molecule has 1 unspecified atom stereocenters. The number of carbonyl (C=O) groups excluding carboxylic acids is 1. The Morgan fingerprint density at radius 2 is 2.00 bits per heavy atom. The predicted molar refractivity (Wildman–Crippen MR) is 58.3 cm³/mol. The van der Waals surface area contributed by atoms with Crippen molar-refractivity contribution in [2.24, 2.45) is 0 Å². The van der Waals surface area contributed by atoms with Gasteiger partial charge in [0.05, 0.1) is 12.9 Å². The smallest absolute Gasteiger partial charge is 0.342 e. The number of rotatable bonds is 4. The zero-order chi connectivity index (χ0) is 11.1. The monoisotopic (exact) mass is 226 g/mol. The van der Waals surface area contributed by atoms with Crippen molar-refractivity contribution in [3.8, 4) is 0 Å². The molecule has 0 radical (unpaired) electrons. The summed E-state index contributed by atoms with van der Waals surface area (Å²) >= 11 is 0. The molecule has 16 heavy (non-hydrogen) atoms. The molecule has 0 amide bonds. The molecule has 0 aliphatic carbocycles. The van der Waals surface area contributed by atoms with E-state index in [9.17, 15) is 4.79 Å². The van der Waals surface area contributed by atoms with Gasteiger partial charge in [0.15, 0.2) is 6.10 Å². The van der Waals surface area contributed by atoms with Gasteiger partial charge in [-0.25, -0.2) is 4.79 Å². The van der Waals surface area contributed by atoms with Crippen LogP contribution in [0.25, 0.3) is 6.08 Å². The van der Waals surface area contributed by atoms with Crippen LogP contribution in [-0.2, 0) is 9.53 Å². The molecule has 0 saturated heterocycles. The van der Waals surface area contributed by atoms with E-state index in [-0.39, 0.29) is 5.48 Å². The Hall–Kier alpha value is -1.69. The summed E-state index contributed by atoms with van der Waals surface area (Å²) in [4.78, 5) is 10.9. The first kappa shape index (κ1) is 14.3. The highest BCUT2D eigenvalue weighted by molar-refractivity contribution is 5.75. The molecular weight excluding hydrogens is 212 g/mol. The third kappa shape index (κ3) is 4.70. The molecule has 0 aliphatic heterocycles. The fourth-order valence-corrected chi connectivity index (χ4v) is 0.897. The Morgan fingerprint density at radius 3 is 2.56 bits per heavy atom. The van der Waals surface area contributed by atoms with Crippen molar-refractivity contribution in [3.05, 3.63) is 42.2 Å². The lowest BCUT2D eigenvalue weighted by Crippen LogP contribution is -2.24. The molecule has 4 N–H and O–H groups in total. The average Bonchev–Trinajstić information content (AvgIpc) is 2.29. The number of ether oxygens (including phenoxy) is 1. The maximum Gasteiger partial charge on any atom is 0.342 e. The molecule has 5 heteroatoms. The van der Waals surface area contributed by atoms with Crippen LogP contribution in [0.3, 0.4) is 0 Å². The van der Waals surface area contributed by atoms with Crippen molar-refractivity contribution in [3.63, 3.8) is 0 Å². The summed E-state index contributed by atoms with van der Waals surface area (Å²) in [6, 6.07) is 9.26. The molecule has 5 nitrogen and oxygen atoms in total. The molecule has 1 atom stereocenters. The molecule has 0 aromatic heterocycles. The number of esters is 1. The van der Waals surface area contributed by atoms with E-state index in [0.717, 1.165) is 5.56 Å². The van der Waals surface area contributed by atoms with Gasteiger partial charge < -0.3 is 20.4 Å². The highest BCUT2D eigenvalue weighted by Gasteiger charge is 2.13. The Bertz CT molecular complexity index is 333. The van der Waals surface area contributed by atoms with Gasteiger partial charge in [-0.2, -0.15) is 0 Å². The van der Waals surface area contributed by atoms with Gasteiger partial charge in [-0.15, -0.1) is 0 Å². The Balaban J connectivity index is 0.00000225. The predicted octanol–water partition coefficient (Wildman–Crippen LogP) is -0.271. The fraction of sp³-hybridized carbons (Fsp3) is 0.182. The van der Waals surface area contributed by atoms with Crippen molar-refractivity contribution in [2.75, 3.05) is 6.61 Å². The topological polar surface area (TPSA) is 98.3 Å². The Morgan fingerprint density at radius 1 is 1.38 bits per heavy atom. The third-order valence-electron chi connectivity index (χ3n) is 1.69. The van der Waals surface area contributed by atoms with E-state index in [1.807, 2.05) is 30.3 Å². The molecule has 0 heterocycles. The first-order valence-corrected chi connectivity index (χ1v) is 4.45. The number of carbonyl (C=O) groups is 1. The summed E-state index contributed by atoms with van der Waals surface area (Å²) in [5, 5.41) is 17.3. The lowest BCUT2D eigenvalue weighted by atomic mass is 10.2. The highest BCUT2D eigenvalue weighted by Crippen LogP contribution is 2.01. The van der Waals surface area contributed by atoms with Gasteiger partial charge in [-0.3, -0.25) is 0 Å². The lowest BCUT2D eigenvalue weighted by molar-refractivity contribution is -0.149. The number of aliphatic hydroxyl groups excluding tert-OH is 2. The second-order valence-corrected chi connectivity index (χ2v) is 2.85. The number of aliphatic hydroxyl groups is 2. The van der Waals surface area contributed by atoms with Gasteiger partial charge in [0, 0.05) is 0 Å². The molecule has 1 rings (SSSR count). The molecule has 0 fully saturated rings. The molecule has 88 valence electrons. The summed E-state index contributed by atoms with van der Waals surface area (Å²) in [6.07, 6.45) is 1.28. The maximum atomic E-state index is 10.9. The Labute approximate surface area is 92.9 Å². The molecular formula is C11H14O5. The minimum absolute atomic E-state index is 0. The second-order valence-electron chi connectivity index (χ2n) is 2.85. The average molecular weight is 226 g/mol. The third-order valence-corrected chi connectivity index (χ3v) is 1.69. The van der Waals surface area contributed by atoms with Crippen LogP contribution in [0.2, 0.25) is 0 Å². The standard InChI is InChI=1S/C11H12O4.H2O/c12-8-10(13)11(14)15-7-6-9-4-2-1-3-5-9;/h1-7,10,12-13H,8H2;1H2. The summed E-state index contributed by atoms with van der Waals surface area (Å²) < 4.78 is 4.57. The van der Waals surface area contributed by atoms with Gasteiger partial charge in [0.25, 0.3) is 0 Å². The van der Waals surface area contributed by atoms with Gasteiger partial charge in [-0.1, -0.05) is 30.3 Å². The highest BCUT2D eigenvalue weighted by atomic mass is 16.5. The van der Waals surface area contributed by atoms with E-state index in [4.69, 9.17) is 10.2 Å². The summed E-state index contributed by atoms with van der Waals surface area (Å²) in [5.41, 5.74) is 0.879. The van der Waals surface area contributed by atoms with Gasteiger partial charge in [0.1, 0.15) is 0 Å². The quantitative estimate of drug-likeness (QED) is 0.545. The number of hydrogen-bond donors (Lipinski definition) is 2. The van der Waals surface area contributed by atoms with Crippen molar-refractivity contribution < 1.29 is 25.2 Å². The van der Waals surface area contributed by atoms with E-state index in [1.165, 1.54) is 6.26 Å². The summed E-state index contributed by atoms with van der Waals surface area (Å²) in [5.74, 6) is -0.871. The second kappa shape index (κ2) is 7.58. The summed E-state index contributed by atoms with van der Waals surface area (Å²) in [6.45, 7) is -0.641. The molecule has 0 aliphatic rings. The van der Waals surface area contributed by atoms with Crippen LogP contribution in [0, 0.1) is 0 Å². The minimum atomic E-state index is -1.48. The fourth-order valence-electron chi connectivity index (χ4n) is 0.897. The molecule has 0 spiro atoms. The van der Waals surface area contributed by atoms with Crippen molar-refractivity contribution >= 4 is 12.0 Å². The van der Waals surface area contributed by atoms with Crippen LogP contribution in [-0.4, -0.2) is 34.4 Å². The Kier molecular flexibility index (Phi) is 6.78. The normalized spacial score (nSPS) is 11.9. The van der Waals surface area contributed by atoms with Gasteiger partial charge in [0.2, 0.25) is 0 Å². The van der Waals surface area contributed by atoms with E-state index < -0.39 is 18.7 Å². The molecule has 0 bridgehead atoms. The van der Waals surface area contributed by atoms with E-state index >= 15 is 0 Å². The zero-order valence-corrected chi connectivity index (χ0v) is 8.54. The number of benzene rings is 1. The van der Waals surface area contributed by atoms with Crippen LogP contribution >= 0.6 is 0 Å². The first-order valence-electron chi connectivity index (χ1n) is 4.45. The molecule has 1 aromatic rings. The zero-order valence-electron chi connectivity index (χ0n) is 8.54. The number of hydrogen-bond acceptors (Lipinski definition) is 4. The van der Waals surface area contributed by atoms with Crippen LogP contribution < -0.4 is 0 Å². The van der Waals surface area contributed by atoms with Gasteiger partial charge in [-0.05, 0) is 11.6 Å². The molecule has 0 saturated carbocycles. The SMILES string of the molecule is O.O=C(OC=Cc1ccccc1)C(O)CO. The van der Waals surface area contributed by atoms with Crippen LogP contribution in [0.4, 0.5) is 0 Å². The van der Waals surface area contributed by atoms with E-state index in [0.29, 0.717) is 0 Å². The molecule has 1 aromatic carbocycles. The van der Waals surface area contributed by atoms with Gasteiger partial charge >= 0.3 is 5.97 Å². The van der Waals surface area contributed by atoms with Crippen molar-refractivity contribution in [1.29, 1.82) is 0 Å². The van der Waals surface area contributed by atoms with E-state index in [1.54, 1.807) is 6.08 Å². The van der Waals surface area contributed by atoms with Crippen molar-refractivity contribution in [2.45, 2.75) is 6.10 Å².